The number of fused-ring (bicyclic) bond motifs is 1. The molecule has 0 saturated carbocycles. The molecule has 0 fully saturated rings. The van der Waals surface area contributed by atoms with Crippen LogP contribution in [0.5, 0.6) is 5.75 Å². The summed E-state index contributed by atoms with van der Waals surface area (Å²) in [6, 6.07) is 8.77. The minimum Gasteiger partial charge on any atom is -0.493 e. The highest BCUT2D eigenvalue weighted by molar-refractivity contribution is 7.88. The average Bonchev–Trinajstić information content (AvgIpc) is 2.50. The summed E-state index contributed by atoms with van der Waals surface area (Å²) in [5.74, 6) is -0.660. The Bertz CT molecular complexity index is 807. The first kappa shape index (κ1) is 15.9. The zero-order chi connectivity index (χ0) is 16.4. The Kier molecular flexibility index (Phi) is 4.32. The van der Waals surface area contributed by atoms with Gasteiger partial charge in [0.05, 0.1) is 18.4 Å². The monoisotopic (exact) mass is 339 g/mol. The lowest BCUT2D eigenvalue weighted by Gasteiger charge is -2.26. The molecule has 0 amide bonds. The molecule has 2 aromatic carbocycles. The summed E-state index contributed by atoms with van der Waals surface area (Å²) in [7, 11) is -3.65. The Labute approximate surface area is 133 Å². The molecule has 4 nitrogen and oxygen atoms in total. The summed E-state index contributed by atoms with van der Waals surface area (Å²) in [5, 5.41) is 0. The standard InChI is InChI=1S/C16H15F2NO3S/c17-12-3-1-11(2-4-12)10-23(20,21)19-15-7-8-22-16-6-5-13(18)9-14(15)16/h1-6,9,15,19H,7-8,10H2. The molecule has 0 spiro atoms. The zero-order valence-corrected chi connectivity index (χ0v) is 12.9. The Morgan fingerprint density at radius 2 is 1.78 bits per heavy atom. The van der Waals surface area contributed by atoms with Gasteiger partial charge in [-0.2, -0.15) is 0 Å². The molecule has 1 aliphatic heterocycles. The van der Waals surface area contributed by atoms with Gasteiger partial charge in [-0.3, -0.25) is 0 Å². The van der Waals surface area contributed by atoms with Gasteiger partial charge in [0.25, 0.3) is 0 Å². The van der Waals surface area contributed by atoms with E-state index in [0.717, 1.165) is 0 Å². The Balaban J connectivity index is 1.79. The van der Waals surface area contributed by atoms with Gasteiger partial charge < -0.3 is 4.74 Å². The molecular weight excluding hydrogens is 324 g/mol. The molecule has 3 rings (SSSR count). The largest absolute Gasteiger partial charge is 0.493 e. The van der Waals surface area contributed by atoms with E-state index in [1.165, 1.54) is 42.5 Å². The van der Waals surface area contributed by atoms with E-state index < -0.39 is 27.7 Å². The molecule has 0 aliphatic carbocycles. The van der Waals surface area contributed by atoms with Crippen LogP contribution in [0.1, 0.15) is 23.6 Å². The second kappa shape index (κ2) is 6.25. The predicted molar refractivity (Wildman–Crippen MR) is 81.4 cm³/mol. The summed E-state index contributed by atoms with van der Waals surface area (Å²) in [4.78, 5) is 0. The van der Waals surface area contributed by atoms with E-state index >= 15 is 0 Å². The second-order valence-corrected chi connectivity index (χ2v) is 7.13. The van der Waals surface area contributed by atoms with E-state index in [1.807, 2.05) is 0 Å². The van der Waals surface area contributed by atoms with Gasteiger partial charge >= 0.3 is 0 Å². The van der Waals surface area contributed by atoms with Gasteiger partial charge in [-0.25, -0.2) is 21.9 Å². The molecule has 0 radical (unpaired) electrons. The van der Waals surface area contributed by atoms with Gasteiger partial charge in [0.2, 0.25) is 10.0 Å². The van der Waals surface area contributed by atoms with Crippen LogP contribution < -0.4 is 9.46 Å². The van der Waals surface area contributed by atoms with Crippen molar-refractivity contribution < 1.29 is 21.9 Å². The maximum absolute atomic E-state index is 13.4. The number of nitrogens with one attached hydrogen (secondary N) is 1. The topological polar surface area (TPSA) is 55.4 Å². The summed E-state index contributed by atoms with van der Waals surface area (Å²) in [6.07, 6.45) is 0.416. The predicted octanol–water partition coefficient (Wildman–Crippen LogP) is 2.91. The van der Waals surface area contributed by atoms with Gasteiger partial charge in [-0.05, 0) is 35.9 Å². The van der Waals surface area contributed by atoms with Crippen molar-refractivity contribution in [1.82, 2.24) is 4.72 Å². The molecule has 122 valence electrons. The molecule has 0 bridgehead atoms. The van der Waals surface area contributed by atoms with Crippen LogP contribution >= 0.6 is 0 Å². The molecule has 23 heavy (non-hydrogen) atoms. The molecule has 1 unspecified atom stereocenters. The van der Waals surface area contributed by atoms with Crippen molar-refractivity contribution in [2.24, 2.45) is 0 Å². The lowest BCUT2D eigenvalue weighted by atomic mass is 10.0. The fraction of sp³-hybridized carbons (Fsp3) is 0.250. The Morgan fingerprint density at radius 3 is 2.52 bits per heavy atom. The van der Waals surface area contributed by atoms with E-state index in [0.29, 0.717) is 29.9 Å². The molecule has 1 aliphatic rings. The van der Waals surface area contributed by atoms with E-state index in [-0.39, 0.29) is 5.75 Å². The lowest BCUT2D eigenvalue weighted by Crippen LogP contribution is -2.33. The van der Waals surface area contributed by atoms with Gasteiger partial charge in [-0.1, -0.05) is 12.1 Å². The van der Waals surface area contributed by atoms with Crippen molar-refractivity contribution in [2.75, 3.05) is 6.61 Å². The van der Waals surface area contributed by atoms with Crippen LogP contribution in [0.2, 0.25) is 0 Å². The van der Waals surface area contributed by atoms with E-state index in [2.05, 4.69) is 4.72 Å². The third-order valence-electron chi connectivity index (χ3n) is 3.60. The van der Waals surface area contributed by atoms with Gasteiger partial charge in [-0.15, -0.1) is 0 Å². The van der Waals surface area contributed by atoms with Crippen molar-refractivity contribution in [1.29, 1.82) is 0 Å². The molecule has 2 aromatic rings. The Hall–Kier alpha value is -1.99. The highest BCUT2D eigenvalue weighted by atomic mass is 32.2. The molecule has 1 atom stereocenters. The van der Waals surface area contributed by atoms with Crippen LogP contribution in [0.4, 0.5) is 8.78 Å². The highest BCUT2D eigenvalue weighted by Gasteiger charge is 2.26. The highest BCUT2D eigenvalue weighted by Crippen LogP contribution is 2.33. The SMILES string of the molecule is O=S(=O)(Cc1ccc(F)cc1)NC1CCOc2ccc(F)cc21. The smallest absolute Gasteiger partial charge is 0.216 e. The molecule has 0 saturated heterocycles. The van der Waals surface area contributed by atoms with Crippen LogP contribution in [0.3, 0.4) is 0 Å². The maximum Gasteiger partial charge on any atom is 0.216 e. The number of hydrogen-bond acceptors (Lipinski definition) is 3. The van der Waals surface area contributed by atoms with Gasteiger partial charge in [0.15, 0.2) is 0 Å². The van der Waals surface area contributed by atoms with Crippen molar-refractivity contribution in [2.45, 2.75) is 18.2 Å². The minimum atomic E-state index is -3.65. The van der Waals surface area contributed by atoms with Crippen LogP contribution in [-0.2, 0) is 15.8 Å². The fourth-order valence-corrected chi connectivity index (χ4v) is 3.94. The zero-order valence-electron chi connectivity index (χ0n) is 12.1. The third-order valence-corrected chi connectivity index (χ3v) is 4.96. The number of hydrogen-bond donors (Lipinski definition) is 1. The first-order chi connectivity index (χ1) is 10.9. The normalized spacial score (nSPS) is 17.4. The van der Waals surface area contributed by atoms with Gasteiger partial charge in [0.1, 0.15) is 17.4 Å². The average molecular weight is 339 g/mol. The summed E-state index contributed by atoms with van der Waals surface area (Å²) in [6.45, 7) is 0.350. The first-order valence-electron chi connectivity index (χ1n) is 7.10. The summed E-state index contributed by atoms with van der Waals surface area (Å²) < 4.78 is 58.9. The summed E-state index contributed by atoms with van der Waals surface area (Å²) >= 11 is 0. The lowest BCUT2D eigenvalue weighted by molar-refractivity contribution is 0.262. The quantitative estimate of drug-likeness (QED) is 0.932. The van der Waals surface area contributed by atoms with Crippen molar-refractivity contribution in [3.8, 4) is 5.75 Å². The minimum absolute atomic E-state index is 0.269. The molecular formula is C16H15F2NO3S. The second-order valence-electron chi connectivity index (χ2n) is 5.38. The number of rotatable bonds is 4. The van der Waals surface area contributed by atoms with Crippen LogP contribution in [0.25, 0.3) is 0 Å². The first-order valence-corrected chi connectivity index (χ1v) is 8.75. The third kappa shape index (κ3) is 3.86. The number of halogens is 2. The van der Waals surface area contributed by atoms with Crippen LogP contribution in [-0.4, -0.2) is 15.0 Å². The van der Waals surface area contributed by atoms with Crippen molar-refractivity contribution in [3.05, 3.63) is 65.2 Å². The summed E-state index contributed by atoms with van der Waals surface area (Å²) in [5.41, 5.74) is 0.962. The van der Waals surface area contributed by atoms with E-state index in [1.54, 1.807) is 0 Å². The van der Waals surface area contributed by atoms with E-state index in [4.69, 9.17) is 4.74 Å². The number of sulfonamides is 1. The Morgan fingerprint density at radius 1 is 1.09 bits per heavy atom. The van der Waals surface area contributed by atoms with Crippen molar-refractivity contribution in [3.63, 3.8) is 0 Å². The molecule has 1 N–H and O–H groups in total. The maximum atomic E-state index is 13.4. The van der Waals surface area contributed by atoms with Crippen molar-refractivity contribution >= 4 is 10.0 Å². The van der Waals surface area contributed by atoms with E-state index in [9.17, 15) is 17.2 Å². The number of benzene rings is 2. The molecule has 0 aromatic heterocycles. The molecule has 7 heteroatoms. The number of ether oxygens (including phenoxy) is 1. The molecule has 1 heterocycles. The van der Waals surface area contributed by atoms with Crippen LogP contribution in [0, 0.1) is 11.6 Å². The fourth-order valence-electron chi connectivity index (χ4n) is 2.55. The van der Waals surface area contributed by atoms with Crippen LogP contribution in [0.15, 0.2) is 42.5 Å². The van der Waals surface area contributed by atoms with Gasteiger partial charge in [0, 0.05) is 12.0 Å².